The van der Waals surface area contributed by atoms with Crippen molar-refractivity contribution >= 4 is 5.91 Å². The van der Waals surface area contributed by atoms with Crippen LogP contribution in [0.5, 0.6) is 0 Å². The minimum Gasteiger partial charge on any atom is -0.376 e. The van der Waals surface area contributed by atoms with Gasteiger partial charge in [-0.15, -0.1) is 0 Å². The van der Waals surface area contributed by atoms with Crippen molar-refractivity contribution in [3.63, 3.8) is 0 Å². The fraction of sp³-hybridized carbons (Fsp3) is 0.588. The van der Waals surface area contributed by atoms with E-state index in [1.807, 2.05) is 4.90 Å². The Morgan fingerprint density at radius 2 is 2.14 bits per heavy atom. The zero-order valence-electron chi connectivity index (χ0n) is 13.1. The maximum Gasteiger partial charge on any atom is 0.254 e. The van der Waals surface area contributed by atoms with Gasteiger partial charge in [-0.2, -0.15) is 0 Å². The first-order chi connectivity index (χ1) is 10.8. The van der Waals surface area contributed by atoms with Crippen molar-refractivity contribution in [2.45, 2.75) is 25.5 Å². The van der Waals surface area contributed by atoms with Crippen molar-refractivity contribution in [1.29, 1.82) is 0 Å². The molecule has 2 heterocycles. The van der Waals surface area contributed by atoms with Crippen LogP contribution >= 0.6 is 0 Å². The van der Waals surface area contributed by atoms with Gasteiger partial charge in [0.25, 0.3) is 5.91 Å². The van der Waals surface area contributed by atoms with Crippen LogP contribution in [-0.2, 0) is 20.7 Å². The summed E-state index contributed by atoms with van der Waals surface area (Å²) in [6.07, 6.45) is 0.572. The van der Waals surface area contributed by atoms with Crippen molar-refractivity contribution in [3.05, 3.63) is 35.4 Å². The molecule has 1 aromatic carbocycles. The number of hydrogen-bond acceptors (Lipinski definition) is 4. The molecule has 1 N–H and O–H groups in total. The van der Waals surface area contributed by atoms with E-state index < -0.39 is 6.10 Å². The molecule has 2 aliphatic heterocycles. The molecule has 120 valence electrons. The molecule has 1 amide bonds. The van der Waals surface area contributed by atoms with Gasteiger partial charge >= 0.3 is 0 Å². The quantitative estimate of drug-likeness (QED) is 0.910. The fourth-order valence-corrected chi connectivity index (χ4v) is 3.06. The number of nitrogens with zero attached hydrogens (tertiary/aromatic N) is 1. The lowest BCUT2D eigenvalue weighted by Crippen LogP contribution is -2.53. The maximum absolute atomic E-state index is 12.8. The van der Waals surface area contributed by atoms with Gasteiger partial charge in [-0.1, -0.05) is 31.2 Å². The Kier molecular flexibility index (Phi) is 5.08. The van der Waals surface area contributed by atoms with Crippen molar-refractivity contribution in [2.75, 3.05) is 39.5 Å². The van der Waals surface area contributed by atoms with Gasteiger partial charge in [0.1, 0.15) is 0 Å². The SMILES string of the molecule is CCc1ccc(C2CNCCN2C(=O)C2COCCO2)cc1. The highest BCUT2D eigenvalue weighted by Crippen LogP contribution is 2.24. The summed E-state index contributed by atoms with van der Waals surface area (Å²) in [5.41, 5.74) is 2.49. The van der Waals surface area contributed by atoms with Crippen molar-refractivity contribution in [2.24, 2.45) is 0 Å². The Morgan fingerprint density at radius 3 is 2.82 bits per heavy atom. The van der Waals surface area contributed by atoms with Gasteiger partial charge in [-0.3, -0.25) is 4.79 Å². The Balaban J connectivity index is 1.76. The molecule has 2 fully saturated rings. The molecular weight excluding hydrogens is 280 g/mol. The monoisotopic (exact) mass is 304 g/mol. The molecule has 0 bridgehead atoms. The van der Waals surface area contributed by atoms with Crippen molar-refractivity contribution < 1.29 is 14.3 Å². The Labute approximate surface area is 131 Å². The van der Waals surface area contributed by atoms with E-state index in [-0.39, 0.29) is 11.9 Å². The number of carbonyl (C=O) groups is 1. The molecule has 0 spiro atoms. The molecule has 0 aromatic heterocycles. The molecule has 2 saturated heterocycles. The lowest BCUT2D eigenvalue weighted by molar-refractivity contribution is -0.161. The topological polar surface area (TPSA) is 50.8 Å². The van der Waals surface area contributed by atoms with Gasteiger partial charge in [-0.25, -0.2) is 0 Å². The third-order valence-corrected chi connectivity index (χ3v) is 4.39. The molecule has 0 aliphatic carbocycles. The lowest BCUT2D eigenvalue weighted by atomic mass is 10.0. The van der Waals surface area contributed by atoms with E-state index in [9.17, 15) is 4.79 Å². The average molecular weight is 304 g/mol. The third kappa shape index (κ3) is 3.32. The molecular formula is C17H24N2O3. The summed E-state index contributed by atoms with van der Waals surface area (Å²) in [5, 5.41) is 3.38. The molecule has 2 atom stereocenters. The molecule has 2 aliphatic rings. The second kappa shape index (κ2) is 7.22. The zero-order chi connectivity index (χ0) is 15.4. The van der Waals surface area contributed by atoms with E-state index in [2.05, 4.69) is 36.5 Å². The summed E-state index contributed by atoms with van der Waals surface area (Å²) in [7, 11) is 0. The van der Waals surface area contributed by atoms with E-state index >= 15 is 0 Å². The summed E-state index contributed by atoms with van der Waals surface area (Å²) >= 11 is 0. The third-order valence-electron chi connectivity index (χ3n) is 4.39. The standard InChI is InChI=1S/C17H24N2O3/c1-2-13-3-5-14(6-4-13)15-11-18-7-8-19(15)17(20)16-12-21-9-10-22-16/h3-6,15-16,18H,2,7-12H2,1H3. The summed E-state index contributed by atoms with van der Waals surface area (Å²) < 4.78 is 11.0. The van der Waals surface area contributed by atoms with Crippen LogP contribution in [0.1, 0.15) is 24.1 Å². The van der Waals surface area contributed by atoms with Crippen LogP contribution in [0.4, 0.5) is 0 Å². The van der Waals surface area contributed by atoms with Crippen LogP contribution in [0, 0.1) is 0 Å². The van der Waals surface area contributed by atoms with Crippen molar-refractivity contribution in [1.82, 2.24) is 10.2 Å². The molecule has 5 nitrogen and oxygen atoms in total. The summed E-state index contributed by atoms with van der Waals surface area (Å²) in [4.78, 5) is 14.7. The highest BCUT2D eigenvalue weighted by molar-refractivity contribution is 5.81. The van der Waals surface area contributed by atoms with Crippen LogP contribution in [0.15, 0.2) is 24.3 Å². The second-order valence-electron chi connectivity index (χ2n) is 5.78. The van der Waals surface area contributed by atoms with Gasteiger partial charge < -0.3 is 19.7 Å². The number of nitrogens with one attached hydrogen (secondary N) is 1. The number of benzene rings is 1. The molecule has 0 saturated carbocycles. The highest BCUT2D eigenvalue weighted by Gasteiger charge is 2.34. The van der Waals surface area contributed by atoms with Crippen LogP contribution in [0.25, 0.3) is 0 Å². The first kappa shape index (κ1) is 15.5. The van der Waals surface area contributed by atoms with E-state index in [0.717, 1.165) is 19.5 Å². The maximum atomic E-state index is 12.8. The van der Waals surface area contributed by atoms with Crippen LogP contribution < -0.4 is 5.32 Å². The predicted molar refractivity (Wildman–Crippen MR) is 83.7 cm³/mol. The number of carbonyl (C=O) groups excluding carboxylic acids is 1. The first-order valence-electron chi connectivity index (χ1n) is 8.09. The number of aryl methyl sites for hydroxylation is 1. The molecule has 3 rings (SSSR count). The molecule has 22 heavy (non-hydrogen) atoms. The smallest absolute Gasteiger partial charge is 0.254 e. The van der Waals surface area contributed by atoms with E-state index in [1.165, 1.54) is 11.1 Å². The van der Waals surface area contributed by atoms with E-state index in [4.69, 9.17) is 9.47 Å². The van der Waals surface area contributed by atoms with E-state index in [1.54, 1.807) is 0 Å². The van der Waals surface area contributed by atoms with Crippen LogP contribution in [0.2, 0.25) is 0 Å². The molecule has 0 radical (unpaired) electrons. The second-order valence-corrected chi connectivity index (χ2v) is 5.78. The Bertz CT molecular complexity index is 497. The largest absolute Gasteiger partial charge is 0.376 e. The number of ether oxygens (including phenoxy) is 2. The number of rotatable bonds is 3. The summed E-state index contributed by atoms with van der Waals surface area (Å²) in [6.45, 7) is 5.90. The highest BCUT2D eigenvalue weighted by atomic mass is 16.6. The minimum atomic E-state index is -0.454. The van der Waals surface area contributed by atoms with Gasteiger partial charge in [0.05, 0.1) is 25.9 Å². The lowest BCUT2D eigenvalue weighted by Gasteiger charge is -2.39. The predicted octanol–water partition coefficient (Wildman–Crippen LogP) is 1.14. The normalized spacial score (nSPS) is 26.0. The van der Waals surface area contributed by atoms with Gasteiger partial charge in [-0.05, 0) is 17.5 Å². The fourth-order valence-electron chi connectivity index (χ4n) is 3.06. The number of amides is 1. The Hall–Kier alpha value is -1.43. The minimum absolute atomic E-state index is 0.0470. The van der Waals surface area contributed by atoms with Crippen LogP contribution in [-0.4, -0.2) is 56.4 Å². The first-order valence-corrected chi connectivity index (χ1v) is 8.09. The summed E-state index contributed by atoms with van der Waals surface area (Å²) in [6, 6.07) is 8.63. The summed E-state index contributed by atoms with van der Waals surface area (Å²) in [5.74, 6) is 0.0470. The Morgan fingerprint density at radius 1 is 1.32 bits per heavy atom. The molecule has 1 aromatic rings. The number of piperazine rings is 1. The van der Waals surface area contributed by atoms with Crippen LogP contribution in [0.3, 0.4) is 0 Å². The van der Waals surface area contributed by atoms with E-state index in [0.29, 0.717) is 26.4 Å². The van der Waals surface area contributed by atoms with Gasteiger partial charge in [0, 0.05) is 19.6 Å². The zero-order valence-corrected chi connectivity index (χ0v) is 13.1. The van der Waals surface area contributed by atoms with Gasteiger partial charge in [0.15, 0.2) is 6.10 Å². The average Bonchev–Trinajstić information content (AvgIpc) is 2.62. The molecule has 5 heteroatoms. The molecule has 2 unspecified atom stereocenters. The van der Waals surface area contributed by atoms with Gasteiger partial charge in [0.2, 0.25) is 0 Å². The number of hydrogen-bond donors (Lipinski definition) is 1. The van der Waals surface area contributed by atoms with Crippen molar-refractivity contribution in [3.8, 4) is 0 Å².